The molecule has 0 N–H and O–H groups in total. The van der Waals surface area contributed by atoms with Gasteiger partial charge in [0, 0.05) is 11.1 Å². The Kier molecular flexibility index (Phi) is 8.68. The van der Waals surface area contributed by atoms with Gasteiger partial charge in [-0.2, -0.15) is 0 Å². The summed E-state index contributed by atoms with van der Waals surface area (Å²) in [6.07, 6.45) is 9.93. The molecular weight excluding hydrogens is 316 g/mol. The van der Waals surface area contributed by atoms with E-state index in [1.807, 2.05) is 24.3 Å². The first kappa shape index (κ1) is 19.4. The Morgan fingerprint density at radius 1 is 0.769 bits per heavy atom. The Morgan fingerprint density at radius 2 is 1.35 bits per heavy atom. The molecule has 0 fully saturated rings. The molecule has 0 saturated heterocycles. The number of hydrogen-bond acceptors (Lipinski definition) is 1. The SMILES string of the molecule is CCCCCCc1ccc(C#C/C=C/C#Cc2ccc(OC)cc2)cc1. The van der Waals surface area contributed by atoms with Crippen molar-refractivity contribution >= 4 is 0 Å². The van der Waals surface area contributed by atoms with E-state index in [4.69, 9.17) is 4.74 Å². The molecule has 0 spiro atoms. The molecule has 2 aromatic rings. The molecule has 0 unspecified atom stereocenters. The van der Waals surface area contributed by atoms with E-state index in [2.05, 4.69) is 54.9 Å². The quantitative estimate of drug-likeness (QED) is 0.478. The van der Waals surface area contributed by atoms with Crippen molar-refractivity contribution in [1.29, 1.82) is 0 Å². The maximum Gasteiger partial charge on any atom is 0.118 e. The van der Waals surface area contributed by atoms with Crippen molar-refractivity contribution in [3.05, 3.63) is 77.4 Å². The Balaban J connectivity index is 1.81. The zero-order valence-corrected chi connectivity index (χ0v) is 15.7. The molecule has 2 aromatic carbocycles. The van der Waals surface area contributed by atoms with Gasteiger partial charge in [-0.25, -0.2) is 0 Å². The van der Waals surface area contributed by atoms with Gasteiger partial charge in [0.2, 0.25) is 0 Å². The third-order valence-corrected chi connectivity index (χ3v) is 4.05. The van der Waals surface area contributed by atoms with Crippen LogP contribution in [-0.2, 0) is 6.42 Å². The molecule has 0 aromatic heterocycles. The second-order valence-electron chi connectivity index (χ2n) is 6.11. The first-order valence-electron chi connectivity index (χ1n) is 9.23. The summed E-state index contributed by atoms with van der Waals surface area (Å²) in [4.78, 5) is 0. The maximum absolute atomic E-state index is 5.12. The van der Waals surface area contributed by atoms with Crippen LogP contribution in [0.3, 0.4) is 0 Å². The Labute approximate surface area is 158 Å². The first-order chi connectivity index (χ1) is 12.8. The molecule has 0 heterocycles. The minimum Gasteiger partial charge on any atom is -0.497 e. The van der Waals surface area contributed by atoms with E-state index in [-0.39, 0.29) is 0 Å². The molecule has 0 aliphatic heterocycles. The number of aryl methyl sites for hydroxylation is 1. The number of ether oxygens (including phenoxy) is 1. The van der Waals surface area contributed by atoms with Crippen LogP contribution in [0.2, 0.25) is 0 Å². The Bertz CT molecular complexity index is 803. The molecular formula is C25H26O. The summed E-state index contributed by atoms with van der Waals surface area (Å²) in [5.41, 5.74) is 3.39. The van der Waals surface area contributed by atoms with Crippen LogP contribution in [0.4, 0.5) is 0 Å². The summed E-state index contributed by atoms with van der Waals surface area (Å²) in [6, 6.07) is 16.2. The van der Waals surface area contributed by atoms with Gasteiger partial charge in [-0.3, -0.25) is 0 Å². The lowest BCUT2D eigenvalue weighted by molar-refractivity contribution is 0.415. The average Bonchev–Trinajstić information content (AvgIpc) is 2.69. The molecule has 0 amide bonds. The lowest BCUT2D eigenvalue weighted by atomic mass is 10.0. The summed E-state index contributed by atoms with van der Waals surface area (Å²) >= 11 is 0. The van der Waals surface area contributed by atoms with Crippen molar-refractivity contribution in [2.75, 3.05) is 7.11 Å². The van der Waals surface area contributed by atoms with Gasteiger partial charge in [0.05, 0.1) is 7.11 Å². The van der Waals surface area contributed by atoms with Gasteiger partial charge in [0.1, 0.15) is 5.75 Å². The smallest absolute Gasteiger partial charge is 0.118 e. The Hall–Kier alpha value is -2.90. The van der Waals surface area contributed by atoms with Gasteiger partial charge in [-0.1, -0.05) is 62.0 Å². The number of allylic oxidation sites excluding steroid dienone is 2. The number of benzene rings is 2. The van der Waals surface area contributed by atoms with E-state index in [1.54, 1.807) is 19.3 Å². The van der Waals surface area contributed by atoms with E-state index in [0.717, 1.165) is 23.3 Å². The molecule has 1 heteroatoms. The van der Waals surface area contributed by atoms with Gasteiger partial charge in [0.25, 0.3) is 0 Å². The van der Waals surface area contributed by atoms with Crippen LogP contribution in [0.25, 0.3) is 0 Å². The summed E-state index contributed by atoms with van der Waals surface area (Å²) in [5, 5.41) is 0. The lowest BCUT2D eigenvalue weighted by Crippen LogP contribution is -1.86. The van der Waals surface area contributed by atoms with Crippen LogP contribution in [0, 0.1) is 23.7 Å². The standard InChI is InChI=1S/C25H26O/c1-3-4-5-8-11-22-14-16-23(17-15-22)12-9-6-7-10-13-24-18-20-25(26-2)21-19-24/h6-7,14-21H,3-5,8,11H2,1-2H3/b7-6+. The van der Waals surface area contributed by atoms with Gasteiger partial charge in [-0.05, 0) is 67.0 Å². The monoisotopic (exact) mass is 342 g/mol. The highest BCUT2D eigenvalue weighted by molar-refractivity contribution is 5.42. The molecule has 0 aliphatic rings. The Morgan fingerprint density at radius 3 is 1.88 bits per heavy atom. The predicted molar refractivity (Wildman–Crippen MR) is 110 cm³/mol. The second-order valence-corrected chi connectivity index (χ2v) is 6.11. The third kappa shape index (κ3) is 7.33. The molecule has 1 nitrogen and oxygen atoms in total. The summed E-state index contributed by atoms with van der Waals surface area (Å²) in [6.45, 7) is 2.24. The molecule has 0 radical (unpaired) electrons. The van der Waals surface area contributed by atoms with Crippen molar-refractivity contribution in [3.63, 3.8) is 0 Å². The van der Waals surface area contributed by atoms with Gasteiger partial charge in [-0.15, -0.1) is 0 Å². The molecule has 0 atom stereocenters. The fourth-order valence-corrected chi connectivity index (χ4v) is 2.52. The van der Waals surface area contributed by atoms with Crippen molar-refractivity contribution in [1.82, 2.24) is 0 Å². The molecule has 0 aliphatic carbocycles. The average molecular weight is 342 g/mol. The molecule has 132 valence electrons. The van der Waals surface area contributed by atoms with Crippen LogP contribution >= 0.6 is 0 Å². The van der Waals surface area contributed by atoms with Gasteiger partial charge >= 0.3 is 0 Å². The summed E-state index contributed by atoms with van der Waals surface area (Å²) in [5.74, 6) is 13.1. The van der Waals surface area contributed by atoms with E-state index < -0.39 is 0 Å². The zero-order chi connectivity index (χ0) is 18.5. The largest absolute Gasteiger partial charge is 0.497 e. The van der Waals surface area contributed by atoms with Crippen LogP contribution in [-0.4, -0.2) is 7.11 Å². The van der Waals surface area contributed by atoms with E-state index in [0.29, 0.717) is 0 Å². The third-order valence-electron chi connectivity index (χ3n) is 4.05. The van der Waals surface area contributed by atoms with Crippen LogP contribution in [0.15, 0.2) is 60.7 Å². The molecule has 2 rings (SSSR count). The van der Waals surface area contributed by atoms with Crippen molar-refractivity contribution < 1.29 is 4.74 Å². The normalized spacial score (nSPS) is 9.92. The topological polar surface area (TPSA) is 9.23 Å². The number of methoxy groups -OCH3 is 1. The van der Waals surface area contributed by atoms with Crippen molar-refractivity contribution in [2.24, 2.45) is 0 Å². The highest BCUT2D eigenvalue weighted by Gasteiger charge is 1.93. The minimum atomic E-state index is 0.837. The fraction of sp³-hybridized carbons (Fsp3) is 0.280. The summed E-state index contributed by atoms with van der Waals surface area (Å²) < 4.78 is 5.12. The number of hydrogen-bond donors (Lipinski definition) is 0. The van der Waals surface area contributed by atoms with E-state index in [9.17, 15) is 0 Å². The van der Waals surface area contributed by atoms with Crippen LogP contribution < -0.4 is 4.74 Å². The molecule has 26 heavy (non-hydrogen) atoms. The lowest BCUT2D eigenvalue weighted by Gasteiger charge is -2.01. The highest BCUT2D eigenvalue weighted by atomic mass is 16.5. The maximum atomic E-state index is 5.12. The number of rotatable bonds is 6. The minimum absolute atomic E-state index is 0.837. The summed E-state index contributed by atoms with van der Waals surface area (Å²) in [7, 11) is 1.66. The molecule has 0 saturated carbocycles. The van der Waals surface area contributed by atoms with Crippen molar-refractivity contribution in [3.8, 4) is 29.4 Å². The fourth-order valence-electron chi connectivity index (χ4n) is 2.52. The van der Waals surface area contributed by atoms with E-state index >= 15 is 0 Å². The van der Waals surface area contributed by atoms with Crippen LogP contribution in [0.5, 0.6) is 5.75 Å². The van der Waals surface area contributed by atoms with Gasteiger partial charge in [0.15, 0.2) is 0 Å². The predicted octanol–water partition coefficient (Wildman–Crippen LogP) is 5.78. The molecule has 0 bridgehead atoms. The highest BCUT2D eigenvalue weighted by Crippen LogP contribution is 2.10. The van der Waals surface area contributed by atoms with Crippen LogP contribution in [0.1, 0.15) is 49.3 Å². The second kappa shape index (κ2) is 11.6. The number of unbranched alkanes of at least 4 members (excludes halogenated alkanes) is 3. The zero-order valence-electron chi connectivity index (χ0n) is 15.7. The van der Waals surface area contributed by atoms with Gasteiger partial charge < -0.3 is 4.74 Å². The first-order valence-corrected chi connectivity index (χ1v) is 9.23. The van der Waals surface area contributed by atoms with Crippen molar-refractivity contribution in [2.45, 2.75) is 39.0 Å². The van der Waals surface area contributed by atoms with E-state index in [1.165, 1.54) is 31.2 Å².